The first-order valence-corrected chi connectivity index (χ1v) is 4.99. The average Bonchev–Trinajstić information content (AvgIpc) is 2.21. The lowest BCUT2D eigenvalue weighted by Gasteiger charge is -2.36. The van der Waals surface area contributed by atoms with Crippen LogP contribution in [-0.2, 0) is 4.74 Å². The number of hydrogen-bond acceptors (Lipinski definition) is 3. The molecule has 94 valence electrons. The van der Waals surface area contributed by atoms with Gasteiger partial charge in [-0.25, -0.2) is 0 Å². The number of nitrogens with zero attached hydrogens (tertiary/aromatic N) is 1. The van der Waals surface area contributed by atoms with Crippen LogP contribution in [0, 0.1) is 0 Å². The quantitative estimate of drug-likeness (QED) is 0.727. The second-order valence-corrected chi connectivity index (χ2v) is 3.63. The minimum absolute atomic E-state index is 0. The topological polar surface area (TPSA) is 56.0 Å². The molecular formula is C9H22Cl2N2O2. The van der Waals surface area contributed by atoms with Crippen molar-refractivity contribution in [3.8, 4) is 0 Å². The predicted octanol–water partition coefficient (Wildman–Crippen LogP) is 0.0895. The van der Waals surface area contributed by atoms with Crippen molar-refractivity contribution in [3.63, 3.8) is 0 Å². The van der Waals surface area contributed by atoms with Gasteiger partial charge in [-0.2, -0.15) is 0 Å². The van der Waals surface area contributed by atoms with E-state index >= 15 is 0 Å². The van der Waals surface area contributed by atoms with Gasteiger partial charge >= 0.3 is 0 Å². The van der Waals surface area contributed by atoms with Gasteiger partial charge in [0.2, 0.25) is 0 Å². The molecule has 2 aliphatic rings. The van der Waals surface area contributed by atoms with Crippen LogP contribution in [0.25, 0.3) is 0 Å². The van der Waals surface area contributed by atoms with Crippen molar-refractivity contribution in [1.82, 2.24) is 10.2 Å². The largest absolute Gasteiger partial charge is 0.412 e. The van der Waals surface area contributed by atoms with Crippen LogP contribution in [0.15, 0.2) is 0 Å². The van der Waals surface area contributed by atoms with Crippen molar-refractivity contribution in [3.05, 3.63) is 0 Å². The molecule has 0 saturated carbocycles. The summed E-state index contributed by atoms with van der Waals surface area (Å²) in [6.07, 6.45) is 2.47. The fraction of sp³-hybridized carbons (Fsp3) is 1.00. The van der Waals surface area contributed by atoms with Gasteiger partial charge in [-0.15, -0.1) is 24.8 Å². The van der Waals surface area contributed by atoms with Gasteiger partial charge < -0.3 is 15.5 Å². The van der Waals surface area contributed by atoms with Crippen LogP contribution in [0.1, 0.15) is 12.8 Å². The molecule has 2 heterocycles. The third-order valence-electron chi connectivity index (χ3n) is 2.86. The second kappa shape index (κ2) is 9.63. The molecule has 15 heavy (non-hydrogen) atoms. The van der Waals surface area contributed by atoms with E-state index in [-0.39, 0.29) is 30.3 Å². The summed E-state index contributed by atoms with van der Waals surface area (Å²) in [6.45, 7) is 6.72. The molecule has 0 aliphatic carbocycles. The molecule has 0 unspecified atom stereocenters. The Morgan fingerprint density at radius 2 is 1.53 bits per heavy atom. The molecule has 0 radical (unpaired) electrons. The Hall–Kier alpha value is 0.420. The lowest BCUT2D eigenvalue weighted by Crippen LogP contribution is -2.49. The highest BCUT2D eigenvalue weighted by molar-refractivity contribution is 5.85. The number of rotatable bonds is 1. The lowest BCUT2D eigenvalue weighted by molar-refractivity contribution is 0.0299. The summed E-state index contributed by atoms with van der Waals surface area (Å²) >= 11 is 0. The Morgan fingerprint density at radius 3 is 2.07 bits per heavy atom. The van der Waals surface area contributed by atoms with Gasteiger partial charge in [-0.3, -0.25) is 4.90 Å². The third kappa shape index (κ3) is 5.33. The minimum Gasteiger partial charge on any atom is -0.412 e. The highest BCUT2D eigenvalue weighted by Crippen LogP contribution is 2.14. The SMILES string of the molecule is C1CN(C2CCOCC2)CCN1.Cl.Cl.O. The van der Waals surface area contributed by atoms with Crippen LogP contribution in [0.4, 0.5) is 0 Å². The Kier molecular flexibility index (Phi) is 11.4. The molecular weight excluding hydrogens is 239 g/mol. The molecule has 2 aliphatic heterocycles. The van der Waals surface area contributed by atoms with Gasteiger partial charge in [-0.1, -0.05) is 0 Å². The predicted molar refractivity (Wildman–Crippen MR) is 66.4 cm³/mol. The average molecular weight is 261 g/mol. The van der Waals surface area contributed by atoms with Crippen molar-refractivity contribution in [2.45, 2.75) is 18.9 Å². The first-order chi connectivity index (χ1) is 5.97. The van der Waals surface area contributed by atoms with Crippen LogP contribution in [0.3, 0.4) is 0 Å². The maximum Gasteiger partial charge on any atom is 0.0480 e. The maximum atomic E-state index is 5.35. The van der Waals surface area contributed by atoms with E-state index in [9.17, 15) is 0 Å². The van der Waals surface area contributed by atoms with E-state index in [4.69, 9.17) is 4.74 Å². The molecule has 0 atom stereocenters. The molecule has 2 fully saturated rings. The fourth-order valence-corrected chi connectivity index (χ4v) is 2.10. The molecule has 0 amide bonds. The van der Waals surface area contributed by atoms with Gasteiger partial charge in [0.25, 0.3) is 0 Å². The summed E-state index contributed by atoms with van der Waals surface area (Å²) in [7, 11) is 0. The highest BCUT2D eigenvalue weighted by atomic mass is 35.5. The zero-order chi connectivity index (χ0) is 8.23. The lowest BCUT2D eigenvalue weighted by atomic mass is 10.1. The van der Waals surface area contributed by atoms with E-state index in [0.717, 1.165) is 32.3 Å². The molecule has 2 rings (SSSR count). The Bertz CT molecular complexity index is 124. The number of halogens is 2. The van der Waals surface area contributed by atoms with Gasteiger partial charge in [0.15, 0.2) is 0 Å². The summed E-state index contributed by atoms with van der Waals surface area (Å²) in [5.74, 6) is 0. The Balaban J connectivity index is 0. The molecule has 0 bridgehead atoms. The normalized spacial score (nSPS) is 23.2. The van der Waals surface area contributed by atoms with Crippen LogP contribution < -0.4 is 5.32 Å². The number of hydrogen-bond donors (Lipinski definition) is 1. The van der Waals surface area contributed by atoms with Gasteiger partial charge in [0.05, 0.1) is 0 Å². The van der Waals surface area contributed by atoms with Crippen molar-refractivity contribution >= 4 is 24.8 Å². The molecule has 3 N–H and O–H groups in total. The van der Waals surface area contributed by atoms with Crippen LogP contribution in [-0.4, -0.2) is 55.8 Å². The van der Waals surface area contributed by atoms with Gasteiger partial charge in [0.1, 0.15) is 0 Å². The van der Waals surface area contributed by atoms with Crippen LogP contribution in [0.2, 0.25) is 0 Å². The zero-order valence-electron chi connectivity index (χ0n) is 8.91. The standard InChI is InChI=1S/C9H18N2O.2ClH.H2O/c1-7-12-8-2-9(1)11-5-3-10-4-6-11;;;/h9-10H,1-8H2;2*1H;1H2. The van der Waals surface area contributed by atoms with Crippen molar-refractivity contribution < 1.29 is 10.2 Å². The first kappa shape index (κ1) is 17.8. The van der Waals surface area contributed by atoms with E-state index in [2.05, 4.69) is 10.2 Å². The minimum atomic E-state index is 0. The van der Waals surface area contributed by atoms with E-state index < -0.39 is 0 Å². The second-order valence-electron chi connectivity index (χ2n) is 3.63. The van der Waals surface area contributed by atoms with Crippen molar-refractivity contribution in [2.75, 3.05) is 39.4 Å². The van der Waals surface area contributed by atoms with Gasteiger partial charge in [-0.05, 0) is 12.8 Å². The van der Waals surface area contributed by atoms with Crippen LogP contribution >= 0.6 is 24.8 Å². The first-order valence-electron chi connectivity index (χ1n) is 4.99. The molecule has 0 aromatic heterocycles. The monoisotopic (exact) mass is 260 g/mol. The number of ether oxygens (including phenoxy) is 1. The number of nitrogens with one attached hydrogen (secondary N) is 1. The number of piperazine rings is 1. The summed E-state index contributed by atoms with van der Waals surface area (Å²) in [4.78, 5) is 2.61. The third-order valence-corrected chi connectivity index (χ3v) is 2.86. The van der Waals surface area contributed by atoms with Crippen molar-refractivity contribution in [2.24, 2.45) is 0 Å². The molecule has 2 saturated heterocycles. The van der Waals surface area contributed by atoms with Crippen molar-refractivity contribution in [1.29, 1.82) is 0 Å². The molecule has 0 spiro atoms. The smallest absolute Gasteiger partial charge is 0.0480 e. The van der Waals surface area contributed by atoms with Crippen LogP contribution in [0.5, 0.6) is 0 Å². The summed E-state index contributed by atoms with van der Waals surface area (Å²) in [5, 5.41) is 3.38. The van der Waals surface area contributed by atoms with E-state index in [1.54, 1.807) is 0 Å². The molecule has 6 heteroatoms. The molecule has 0 aromatic carbocycles. The van der Waals surface area contributed by atoms with Gasteiger partial charge in [0, 0.05) is 45.4 Å². The zero-order valence-corrected chi connectivity index (χ0v) is 10.5. The van der Waals surface area contributed by atoms with E-state index in [1.807, 2.05) is 0 Å². The highest BCUT2D eigenvalue weighted by Gasteiger charge is 2.22. The van der Waals surface area contributed by atoms with E-state index in [1.165, 1.54) is 25.9 Å². The summed E-state index contributed by atoms with van der Waals surface area (Å²) in [5.41, 5.74) is 0. The Morgan fingerprint density at radius 1 is 1.00 bits per heavy atom. The maximum absolute atomic E-state index is 5.35. The fourth-order valence-electron chi connectivity index (χ4n) is 2.10. The Labute approximate surface area is 104 Å². The molecule has 4 nitrogen and oxygen atoms in total. The molecule has 0 aromatic rings. The summed E-state index contributed by atoms with van der Waals surface area (Å²) < 4.78 is 5.35. The summed E-state index contributed by atoms with van der Waals surface area (Å²) in [6, 6.07) is 0.806. The van der Waals surface area contributed by atoms with E-state index in [0.29, 0.717) is 0 Å².